The zero-order valence-corrected chi connectivity index (χ0v) is 8.88. The second-order valence-electron chi connectivity index (χ2n) is 4.42. The minimum absolute atomic E-state index is 0.00898. The van der Waals surface area contributed by atoms with Crippen molar-refractivity contribution in [3.63, 3.8) is 0 Å². The van der Waals surface area contributed by atoms with Gasteiger partial charge in [-0.2, -0.15) is 0 Å². The molecule has 5 heteroatoms. The molecule has 0 aromatic heterocycles. The topological polar surface area (TPSA) is 48.0 Å². The summed E-state index contributed by atoms with van der Waals surface area (Å²) in [6, 6.07) is 0. The second-order valence-corrected chi connectivity index (χ2v) is 4.42. The molecule has 15 heavy (non-hydrogen) atoms. The van der Waals surface area contributed by atoms with Crippen LogP contribution in [-0.2, 0) is 19.0 Å². The molecule has 0 spiro atoms. The SMILES string of the molecule is C[C@@H]1OC[C@H]2O[C@H]3[C@@H](C)C(=O)N3C[C@@H]2O1. The summed E-state index contributed by atoms with van der Waals surface area (Å²) in [7, 11) is 0. The normalized spacial score (nSPS) is 49.3. The fourth-order valence-corrected chi connectivity index (χ4v) is 2.45. The van der Waals surface area contributed by atoms with E-state index in [0.29, 0.717) is 13.2 Å². The predicted molar refractivity (Wildman–Crippen MR) is 49.8 cm³/mol. The number of rotatable bonds is 0. The first-order valence-corrected chi connectivity index (χ1v) is 5.40. The van der Waals surface area contributed by atoms with Crippen LogP contribution in [0.4, 0.5) is 0 Å². The van der Waals surface area contributed by atoms with E-state index in [1.54, 1.807) is 4.90 Å². The summed E-state index contributed by atoms with van der Waals surface area (Å²) in [6.45, 7) is 4.98. The number of ether oxygens (including phenoxy) is 3. The van der Waals surface area contributed by atoms with Gasteiger partial charge in [0.05, 0.1) is 19.1 Å². The van der Waals surface area contributed by atoms with E-state index in [1.807, 2.05) is 13.8 Å². The van der Waals surface area contributed by atoms with Crippen LogP contribution in [0.2, 0.25) is 0 Å². The van der Waals surface area contributed by atoms with Crippen LogP contribution >= 0.6 is 0 Å². The number of nitrogens with zero attached hydrogens (tertiary/aromatic N) is 1. The largest absolute Gasteiger partial charge is 0.350 e. The Morgan fingerprint density at radius 3 is 2.87 bits per heavy atom. The van der Waals surface area contributed by atoms with Crippen LogP contribution in [-0.4, -0.2) is 48.7 Å². The number of hydrogen-bond acceptors (Lipinski definition) is 4. The lowest BCUT2D eigenvalue weighted by Crippen LogP contribution is -2.70. The molecule has 3 heterocycles. The second kappa shape index (κ2) is 3.17. The average Bonchev–Trinajstić information content (AvgIpc) is 2.26. The van der Waals surface area contributed by atoms with E-state index in [0.717, 1.165) is 0 Å². The van der Waals surface area contributed by atoms with Crippen LogP contribution in [0.15, 0.2) is 0 Å². The summed E-state index contributed by atoms with van der Waals surface area (Å²) in [5.74, 6) is 0.159. The van der Waals surface area contributed by atoms with Gasteiger partial charge in [-0.1, -0.05) is 0 Å². The van der Waals surface area contributed by atoms with Crippen LogP contribution < -0.4 is 0 Å². The summed E-state index contributed by atoms with van der Waals surface area (Å²) in [4.78, 5) is 13.3. The number of β-lactam (4-membered cyclic amide) rings is 1. The van der Waals surface area contributed by atoms with Gasteiger partial charge in [-0.05, 0) is 13.8 Å². The molecule has 3 aliphatic rings. The molecular weight excluding hydrogens is 198 g/mol. The van der Waals surface area contributed by atoms with Crippen LogP contribution in [0.3, 0.4) is 0 Å². The molecule has 0 N–H and O–H groups in total. The van der Waals surface area contributed by atoms with E-state index in [1.165, 1.54) is 0 Å². The van der Waals surface area contributed by atoms with Crippen molar-refractivity contribution in [2.75, 3.05) is 13.2 Å². The molecule has 3 aliphatic heterocycles. The Kier molecular flexibility index (Phi) is 2.02. The molecule has 0 unspecified atom stereocenters. The number of fused-ring (bicyclic) bond motifs is 2. The molecule has 5 nitrogen and oxygen atoms in total. The predicted octanol–water partition coefficient (Wildman–Crippen LogP) is -0.0490. The molecule has 84 valence electrons. The molecule has 3 saturated heterocycles. The smallest absolute Gasteiger partial charge is 0.232 e. The monoisotopic (exact) mass is 213 g/mol. The molecule has 3 fully saturated rings. The van der Waals surface area contributed by atoms with Crippen LogP contribution in [0.5, 0.6) is 0 Å². The third-order valence-electron chi connectivity index (χ3n) is 3.37. The van der Waals surface area contributed by atoms with Crippen molar-refractivity contribution in [3.8, 4) is 0 Å². The molecule has 3 rings (SSSR count). The Labute approximate surface area is 88.3 Å². The van der Waals surface area contributed by atoms with E-state index in [2.05, 4.69) is 0 Å². The summed E-state index contributed by atoms with van der Waals surface area (Å²) in [6.07, 6.45) is -0.293. The van der Waals surface area contributed by atoms with Crippen molar-refractivity contribution in [2.45, 2.75) is 38.6 Å². The summed E-state index contributed by atoms with van der Waals surface area (Å²) in [5, 5.41) is 0. The fourth-order valence-electron chi connectivity index (χ4n) is 2.45. The fraction of sp³-hybridized carbons (Fsp3) is 0.900. The molecule has 0 aromatic rings. The first-order valence-electron chi connectivity index (χ1n) is 5.40. The number of carbonyl (C=O) groups is 1. The highest BCUT2D eigenvalue weighted by atomic mass is 16.7. The molecular formula is C10H15NO4. The van der Waals surface area contributed by atoms with Gasteiger partial charge in [0.15, 0.2) is 6.29 Å². The van der Waals surface area contributed by atoms with Gasteiger partial charge in [0.1, 0.15) is 18.4 Å². The van der Waals surface area contributed by atoms with Gasteiger partial charge in [0, 0.05) is 0 Å². The average molecular weight is 213 g/mol. The molecule has 0 bridgehead atoms. The van der Waals surface area contributed by atoms with Gasteiger partial charge < -0.3 is 19.1 Å². The van der Waals surface area contributed by atoms with Crippen LogP contribution in [0.25, 0.3) is 0 Å². The van der Waals surface area contributed by atoms with Gasteiger partial charge in [-0.3, -0.25) is 4.79 Å². The van der Waals surface area contributed by atoms with E-state index in [-0.39, 0.29) is 36.6 Å². The maximum atomic E-state index is 11.5. The molecule has 0 aromatic carbocycles. The molecule has 5 atom stereocenters. The lowest BCUT2D eigenvalue weighted by molar-refractivity contribution is -0.317. The third kappa shape index (κ3) is 1.30. The lowest BCUT2D eigenvalue weighted by atomic mass is 9.94. The lowest BCUT2D eigenvalue weighted by Gasteiger charge is -2.54. The van der Waals surface area contributed by atoms with Crippen molar-refractivity contribution in [1.82, 2.24) is 4.90 Å². The van der Waals surface area contributed by atoms with E-state index in [4.69, 9.17) is 14.2 Å². The summed E-state index contributed by atoms with van der Waals surface area (Å²) < 4.78 is 16.7. The number of amides is 1. The minimum atomic E-state index is -0.194. The van der Waals surface area contributed by atoms with Crippen LogP contribution in [0, 0.1) is 5.92 Å². The highest BCUT2D eigenvalue weighted by Crippen LogP contribution is 2.35. The molecule has 0 aliphatic carbocycles. The maximum Gasteiger partial charge on any atom is 0.232 e. The van der Waals surface area contributed by atoms with Gasteiger partial charge in [-0.25, -0.2) is 0 Å². The Morgan fingerprint density at radius 1 is 1.27 bits per heavy atom. The Balaban J connectivity index is 1.72. The van der Waals surface area contributed by atoms with Crippen molar-refractivity contribution < 1.29 is 19.0 Å². The quantitative estimate of drug-likeness (QED) is 0.529. The van der Waals surface area contributed by atoms with E-state index >= 15 is 0 Å². The van der Waals surface area contributed by atoms with Gasteiger partial charge in [0.25, 0.3) is 0 Å². The maximum absolute atomic E-state index is 11.5. The number of hydrogen-bond donors (Lipinski definition) is 0. The summed E-state index contributed by atoms with van der Waals surface area (Å²) >= 11 is 0. The Bertz CT molecular complexity index is 295. The summed E-state index contributed by atoms with van der Waals surface area (Å²) in [5.41, 5.74) is 0. The molecule has 0 radical (unpaired) electrons. The molecule has 0 saturated carbocycles. The Morgan fingerprint density at radius 2 is 2.07 bits per heavy atom. The molecule has 1 amide bonds. The zero-order valence-electron chi connectivity index (χ0n) is 8.88. The van der Waals surface area contributed by atoms with Gasteiger partial charge in [0.2, 0.25) is 5.91 Å². The Hall–Kier alpha value is -0.650. The van der Waals surface area contributed by atoms with Crippen molar-refractivity contribution in [2.24, 2.45) is 5.92 Å². The van der Waals surface area contributed by atoms with E-state index in [9.17, 15) is 4.79 Å². The minimum Gasteiger partial charge on any atom is -0.350 e. The zero-order chi connectivity index (χ0) is 10.6. The van der Waals surface area contributed by atoms with Crippen molar-refractivity contribution in [1.29, 1.82) is 0 Å². The third-order valence-corrected chi connectivity index (χ3v) is 3.37. The first kappa shape index (κ1) is 9.57. The highest BCUT2D eigenvalue weighted by molar-refractivity contribution is 5.85. The number of carbonyl (C=O) groups excluding carboxylic acids is 1. The van der Waals surface area contributed by atoms with Crippen molar-refractivity contribution >= 4 is 5.91 Å². The first-order chi connectivity index (χ1) is 7.16. The van der Waals surface area contributed by atoms with E-state index < -0.39 is 0 Å². The van der Waals surface area contributed by atoms with Crippen LogP contribution in [0.1, 0.15) is 13.8 Å². The van der Waals surface area contributed by atoms with Gasteiger partial charge in [-0.15, -0.1) is 0 Å². The standard InChI is InChI=1S/C10H15NO4/c1-5-9(12)11-3-7-8(15-10(5)11)4-13-6(2)14-7/h5-8,10H,3-4H2,1-2H3/t5-,6+,7-,8+,10-/m0/s1. The van der Waals surface area contributed by atoms with Crippen molar-refractivity contribution in [3.05, 3.63) is 0 Å². The van der Waals surface area contributed by atoms with Gasteiger partial charge >= 0.3 is 0 Å². The highest BCUT2D eigenvalue weighted by Gasteiger charge is 2.52.